The lowest BCUT2D eigenvalue weighted by Crippen LogP contribution is -2.23. The molecule has 0 aliphatic heterocycles. The van der Waals surface area contributed by atoms with Crippen LogP contribution in [0, 0.1) is 11.4 Å². The third-order valence-electron chi connectivity index (χ3n) is 2.47. The van der Waals surface area contributed by atoms with Gasteiger partial charge in [0.1, 0.15) is 5.82 Å². The maximum Gasteiger partial charge on any atom is 0.214 e. The lowest BCUT2D eigenvalue weighted by molar-refractivity contribution is 0.248. The van der Waals surface area contributed by atoms with E-state index in [1.165, 1.54) is 6.07 Å². The van der Waals surface area contributed by atoms with Crippen LogP contribution in [0.4, 0.5) is 10.2 Å². The molecule has 0 aliphatic rings. The molecule has 3 nitrogen and oxygen atoms in total. The van der Waals surface area contributed by atoms with Crippen LogP contribution in [0.3, 0.4) is 0 Å². The zero-order valence-electron chi connectivity index (χ0n) is 9.83. The van der Waals surface area contributed by atoms with E-state index in [4.69, 9.17) is 5.11 Å². The number of halogens is 1. The minimum atomic E-state index is -0.474. The lowest BCUT2D eigenvalue weighted by Gasteiger charge is -2.24. The predicted molar refractivity (Wildman–Crippen MR) is 62.8 cm³/mol. The van der Waals surface area contributed by atoms with Crippen LogP contribution in [0.1, 0.15) is 26.7 Å². The van der Waals surface area contributed by atoms with Gasteiger partial charge in [-0.2, -0.15) is 4.39 Å². The Kier molecular flexibility index (Phi) is 4.68. The van der Waals surface area contributed by atoms with E-state index >= 15 is 0 Å². The van der Waals surface area contributed by atoms with Crippen molar-refractivity contribution < 1.29 is 9.50 Å². The van der Waals surface area contributed by atoms with Crippen molar-refractivity contribution in [1.82, 2.24) is 4.98 Å². The van der Waals surface area contributed by atoms with E-state index in [2.05, 4.69) is 24.1 Å². The zero-order valence-corrected chi connectivity index (χ0v) is 9.83. The van der Waals surface area contributed by atoms with Gasteiger partial charge in [-0.3, -0.25) is 0 Å². The molecule has 1 aromatic rings. The van der Waals surface area contributed by atoms with E-state index in [0.29, 0.717) is 12.4 Å². The molecule has 4 heteroatoms. The molecule has 0 radical (unpaired) electrons. The molecule has 90 valence electrons. The van der Waals surface area contributed by atoms with Crippen LogP contribution in [-0.2, 0) is 0 Å². The van der Waals surface area contributed by atoms with E-state index in [-0.39, 0.29) is 12.0 Å². The molecular formula is C12H19FN2O. The fourth-order valence-electron chi connectivity index (χ4n) is 1.48. The van der Waals surface area contributed by atoms with Crippen LogP contribution in [0.25, 0.3) is 0 Å². The fourth-order valence-corrected chi connectivity index (χ4v) is 1.48. The second-order valence-electron chi connectivity index (χ2n) is 4.69. The van der Waals surface area contributed by atoms with Gasteiger partial charge in [0.15, 0.2) is 0 Å². The van der Waals surface area contributed by atoms with Gasteiger partial charge >= 0.3 is 0 Å². The van der Waals surface area contributed by atoms with Crippen molar-refractivity contribution in [3.05, 3.63) is 24.1 Å². The third-order valence-corrected chi connectivity index (χ3v) is 2.47. The molecule has 0 fully saturated rings. The standard InChI is InChI=1S/C12H19FN2O/c1-12(2,7-4-8-16)9-14-11-6-3-5-10(13)15-11/h3,5-6,16H,4,7-9H2,1-2H3,(H,14,15). The first-order valence-electron chi connectivity index (χ1n) is 5.51. The quantitative estimate of drug-likeness (QED) is 0.732. The molecule has 16 heavy (non-hydrogen) atoms. The molecule has 0 bridgehead atoms. The summed E-state index contributed by atoms with van der Waals surface area (Å²) in [5, 5.41) is 11.9. The van der Waals surface area contributed by atoms with E-state index < -0.39 is 5.95 Å². The molecule has 0 spiro atoms. The molecule has 0 saturated carbocycles. The number of pyridine rings is 1. The average molecular weight is 226 g/mol. The number of hydrogen-bond donors (Lipinski definition) is 2. The first kappa shape index (κ1) is 12.9. The normalized spacial score (nSPS) is 11.5. The van der Waals surface area contributed by atoms with Gasteiger partial charge < -0.3 is 10.4 Å². The number of nitrogens with zero attached hydrogens (tertiary/aromatic N) is 1. The number of nitrogens with one attached hydrogen (secondary N) is 1. The van der Waals surface area contributed by atoms with Crippen molar-refractivity contribution in [2.24, 2.45) is 5.41 Å². The Morgan fingerprint density at radius 2 is 2.19 bits per heavy atom. The minimum absolute atomic E-state index is 0.0662. The maximum absolute atomic E-state index is 12.8. The Bertz CT molecular complexity index is 329. The maximum atomic E-state index is 12.8. The second-order valence-corrected chi connectivity index (χ2v) is 4.69. The highest BCUT2D eigenvalue weighted by atomic mass is 19.1. The minimum Gasteiger partial charge on any atom is -0.396 e. The molecule has 0 saturated heterocycles. The van der Waals surface area contributed by atoms with Crippen LogP contribution >= 0.6 is 0 Å². The fraction of sp³-hybridized carbons (Fsp3) is 0.583. The molecule has 1 rings (SSSR count). The summed E-state index contributed by atoms with van der Waals surface area (Å²) in [6.45, 7) is 5.13. The molecule has 1 aromatic heterocycles. The number of rotatable bonds is 6. The van der Waals surface area contributed by atoms with Gasteiger partial charge in [-0.25, -0.2) is 4.98 Å². The zero-order chi connectivity index (χ0) is 12.0. The first-order chi connectivity index (χ1) is 7.53. The third kappa shape index (κ3) is 4.57. The molecule has 0 atom stereocenters. The molecule has 0 amide bonds. The van der Waals surface area contributed by atoms with Crippen molar-refractivity contribution in [3.63, 3.8) is 0 Å². The topological polar surface area (TPSA) is 45.1 Å². The Hall–Kier alpha value is -1.16. The number of aromatic nitrogens is 1. The summed E-state index contributed by atoms with van der Waals surface area (Å²) in [6, 6.07) is 4.69. The Balaban J connectivity index is 2.44. The monoisotopic (exact) mass is 226 g/mol. The summed E-state index contributed by atoms with van der Waals surface area (Å²) in [6.07, 6.45) is 1.71. The molecule has 0 aliphatic carbocycles. The van der Waals surface area contributed by atoms with E-state index in [9.17, 15) is 4.39 Å². The molecule has 1 heterocycles. The van der Waals surface area contributed by atoms with Crippen molar-refractivity contribution in [2.45, 2.75) is 26.7 Å². The highest BCUT2D eigenvalue weighted by molar-refractivity contribution is 5.33. The van der Waals surface area contributed by atoms with Crippen LogP contribution in [0.5, 0.6) is 0 Å². The molecular weight excluding hydrogens is 207 g/mol. The first-order valence-corrected chi connectivity index (χ1v) is 5.51. The summed E-state index contributed by atoms with van der Waals surface area (Å²) < 4.78 is 12.8. The van der Waals surface area contributed by atoms with Crippen molar-refractivity contribution in [2.75, 3.05) is 18.5 Å². The summed E-state index contributed by atoms with van der Waals surface area (Å²) in [7, 11) is 0. The Morgan fingerprint density at radius 1 is 1.44 bits per heavy atom. The average Bonchev–Trinajstić information content (AvgIpc) is 2.24. The predicted octanol–water partition coefficient (Wildman–Crippen LogP) is 2.43. The van der Waals surface area contributed by atoms with Gasteiger partial charge in [-0.05, 0) is 30.4 Å². The molecule has 0 unspecified atom stereocenters. The van der Waals surface area contributed by atoms with Gasteiger partial charge in [0, 0.05) is 13.2 Å². The largest absolute Gasteiger partial charge is 0.396 e. The van der Waals surface area contributed by atoms with Gasteiger partial charge in [0.25, 0.3) is 0 Å². The Labute approximate surface area is 95.7 Å². The number of aliphatic hydroxyl groups excluding tert-OH is 1. The van der Waals surface area contributed by atoms with Gasteiger partial charge in [-0.1, -0.05) is 19.9 Å². The van der Waals surface area contributed by atoms with Crippen LogP contribution in [0.15, 0.2) is 18.2 Å². The number of aliphatic hydroxyl groups is 1. The highest BCUT2D eigenvalue weighted by Gasteiger charge is 2.17. The SMILES string of the molecule is CC(C)(CCCO)CNc1cccc(F)n1. The van der Waals surface area contributed by atoms with E-state index in [1.807, 2.05) is 0 Å². The number of anilines is 1. The van der Waals surface area contributed by atoms with Crippen LogP contribution in [-0.4, -0.2) is 23.2 Å². The van der Waals surface area contributed by atoms with Gasteiger partial charge in [0.05, 0.1) is 0 Å². The van der Waals surface area contributed by atoms with Crippen molar-refractivity contribution in [1.29, 1.82) is 0 Å². The Morgan fingerprint density at radius 3 is 2.81 bits per heavy atom. The highest BCUT2D eigenvalue weighted by Crippen LogP contribution is 2.22. The summed E-state index contributed by atoms with van der Waals surface area (Å²) in [4.78, 5) is 3.73. The summed E-state index contributed by atoms with van der Waals surface area (Å²) in [5.41, 5.74) is 0.0662. The second kappa shape index (κ2) is 5.80. The van der Waals surface area contributed by atoms with E-state index in [1.54, 1.807) is 12.1 Å². The lowest BCUT2D eigenvalue weighted by atomic mass is 9.88. The smallest absolute Gasteiger partial charge is 0.214 e. The molecule has 2 N–H and O–H groups in total. The number of hydrogen-bond acceptors (Lipinski definition) is 3. The van der Waals surface area contributed by atoms with E-state index in [0.717, 1.165) is 12.8 Å². The van der Waals surface area contributed by atoms with Crippen LogP contribution < -0.4 is 5.32 Å². The summed E-state index contributed by atoms with van der Waals surface area (Å²) in [5.74, 6) is 0.0789. The van der Waals surface area contributed by atoms with Crippen molar-refractivity contribution >= 4 is 5.82 Å². The van der Waals surface area contributed by atoms with Gasteiger partial charge in [-0.15, -0.1) is 0 Å². The van der Waals surface area contributed by atoms with Crippen molar-refractivity contribution in [3.8, 4) is 0 Å². The van der Waals surface area contributed by atoms with Gasteiger partial charge in [0.2, 0.25) is 5.95 Å². The molecule has 0 aromatic carbocycles. The van der Waals surface area contributed by atoms with Crippen LogP contribution in [0.2, 0.25) is 0 Å². The summed E-state index contributed by atoms with van der Waals surface area (Å²) >= 11 is 0.